The van der Waals surface area contributed by atoms with Gasteiger partial charge in [-0.3, -0.25) is 0 Å². The average molecular weight is 409 g/mol. The Balaban J connectivity index is 2.97. The van der Waals surface area contributed by atoms with Crippen LogP contribution in [0.15, 0.2) is 24.3 Å². The molecular formula is C10H12Br2ORu. The Morgan fingerprint density at radius 2 is 1.93 bits per heavy atom. The molecule has 0 aliphatic rings. The SMILES string of the molecule is CC(C)Oc1ccccc1[CH]=[Ru]([Br])[Br]. The van der Waals surface area contributed by atoms with Gasteiger partial charge in [0.2, 0.25) is 0 Å². The number of hydrogen-bond acceptors (Lipinski definition) is 1. The maximum absolute atomic E-state index is 5.70. The first-order valence-electron chi connectivity index (χ1n) is 4.18. The summed E-state index contributed by atoms with van der Waals surface area (Å²) in [6.45, 7) is 4.07. The molecule has 0 aliphatic carbocycles. The minimum absolute atomic E-state index is 0.218. The van der Waals surface area contributed by atoms with Gasteiger partial charge in [-0.25, -0.2) is 0 Å². The van der Waals surface area contributed by atoms with Crippen molar-refractivity contribution in [2.75, 3.05) is 0 Å². The van der Waals surface area contributed by atoms with Crippen molar-refractivity contribution in [1.29, 1.82) is 0 Å². The molecule has 0 spiro atoms. The van der Waals surface area contributed by atoms with E-state index in [4.69, 9.17) is 4.74 Å². The molecule has 0 amide bonds. The summed E-state index contributed by atoms with van der Waals surface area (Å²) >= 11 is 6.03. The number of benzene rings is 1. The van der Waals surface area contributed by atoms with Gasteiger partial charge >= 0.3 is 104 Å². The molecule has 0 aliphatic heterocycles. The molecule has 1 rings (SSSR count). The van der Waals surface area contributed by atoms with Crippen LogP contribution in [0.1, 0.15) is 19.4 Å². The van der Waals surface area contributed by atoms with Crippen molar-refractivity contribution in [3.63, 3.8) is 0 Å². The van der Waals surface area contributed by atoms with E-state index < -0.39 is 11.6 Å². The summed E-state index contributed by atoms with van der Waals surface area (Å²) in [5, 5.41) is 0. The molecule has 0 unspecified atom stereocenters. The van der Waals surface area contributed by atoms with Crippen molar-refractivity contribution in [2.24, 2.45) is 0 Å². The van der Waals surface area contributed by atoms with Crippen LogP contribution in [0.5, 0.6) is 5.75 Å². The Bertz CT molecular complexity index is 333. The number of halogens is 2. The number of para-hydroxylation sites is 1. The van der Waals surface area contributed by atoms with Gasteiger partial charge in [-0.1, -0.05) is 0 Å². The van der Waals surface area contributed by atoms with Crippen molar-refractivity contribution in [3.05, 3.63) is 29.8 Å². The average Bonchev–Trinajstić information content (AvgIpc) is 2.06. The van der Waals surface area contributed by atoms with E-state index in [2.05, 4.69) is 37.9 Å². The number of ether oxygens (including phenoxy) is 1. The van der Waals surface area contributed by atoms with Gasteiger partial charge in [0.15, 0.2) is 0 Å². The third-order valence-corrected chi connectivity index (χ3v) is 4.30. The second-order valence-electron chi connectivity index (χ2n) is 3.01. The van der Waals surface area contributed by atoms with Gasteiger partial charge in [0, 0.05) is 0 Å². The molecule has 0 saturated heterocycles. The first-order valence-corrected chi connectivity index (χ1v) is 13.1. The molecular weight excluding hydrogens is 397 g/mol. The monoisotopic (exact) mass is 408 g/mol. The van der Waals surface area contributed by atoms with Crippen LogP contribution in [-0.4, -0.2) is 10.7 Å². The summed E-state index contributed by atoms with van der Waals surface area (Å²) in [4.78, 5) is 0. The second kappa shape index (κ2) is 6.14. The van der Waals surface area contributed by atoms with Crippen LogP contribution in [0.25, 0.3) is 0 Å². The predicted octanol–water partition coefficient (Wildman–Crippen LogP) is 3.86. The number of rotatable bonds is 3. The molecule has 0 radical (unpaired) electrons. The fourth-order valence-corrected chi connectivity index (χ4v) is 3.90. The van der Waals surface area contributed by atoms with Crippen molar-refractivity contribution in [1.82, 2.24) is 0 Å². The zero-order chi connectivity index (χ0) is 10.6. The molecule has 0 atom stereocenters. The van der Waals surface area contributed by atoms with Crippen molar-refractivity contribution < 1.29 is 16.3 Å². The van der Waals surface area contributed by atoms with Gasteiger partial charge in [-0.2, -0.15) is 0 Å². The van der Waals surface area contributed by atoms with Gasteiger partial charge in [-0.05, 0) is 0 Å². The molecule has 14 heavy (non-hydrogen) atoms. The van der Waals surface area contributed by atoms with E-state index in [9.17, 15) is 0 Å². The van der Waals surface area contributed by atoms with Gasteiger partial charge in [-0.15, -0.1) is 0 Å². The van der Waals surface area contributed by atoms with E-state index in [1.165, 1.54) is 0 Å². The molecule has 0 bridgehead atoms. The molecule has 0 aromatic heterocycles. The number of hydrogen-bond donors (Lipinski definition) is 0. The van der Waals surface area contributed by atoms with E-state index in [-0.39, 0.29) is 6.10 Å². The summed E-state index contributed by atoms with van der Waals surface area (Å²) in [7, 11) is 0. The van der Waals surface area contributed by atoms with Gasteiger partial charge < -0.3 is 0 Å². The molecule has 0 heterocycles. The Hall–Kier alpha value is 0.473. The van der Waals surface area contributed by atoms with Crippen LogP contribution < -0.4 is 4.74 Å². The first-order chi connectivity index (χ1) is 6.59. The van der Waals surface area contributed by atoms with Crippen LogP contribution in [0, 0.1) is 0 Å². The minimum atomic E-state index is -1.09. The fraction of sp³-hybridized carbons (Fsp3) is 0.300. The second-order valence-corrected chi connectivity index (χ2v) is 16.1. The summed E-state index contributed by atoms with van der Waals surface area (Å²) < 4.78 is 7.89. The van der Waals surface area contributed by atoms with E-state index >= 15 is 0 Å². The predicted molar refractivity (Wildman–Crippen MR) is 65.2 cm³/mol. The Morgan fingerprint density at radius 1 is 1.29 bits per heavy atom. The quantitative estimate of drug-likeness (QED) is 0.690. The van der Waals surface area contributed by atoms with Crippen molar-refractivity contribution >= 4 is 31.9 Å². The van der Waals surface area contributed by atoms with Crippen LogP contribution >= 0.6 is 27.2 Å². The Kier molecular flexibility index (Phi) is 5.50. The summed E-state index contributed by atoms with van der Waals surface area (Å²) in [5.74, 6) is 0.958. The zero-order valence-corrected chi connectivity index (χ0v) is 12.9. The Morgan fingerprint density at radius 3 is 2.50 bits per heavy atom. The third kappa shape index (κ3) is 4.33. The van der Waals surface area contributed by atoms with Crippen LogP contribution in [-0.2, 0) is 11.6 Å². The third-order valence-electron chi connectivity index (χ3n) is 1.47. The van der Waals surface area contributed by atoms with Crippen molar-refractivity contribution in [2.45, 2.75) is 20.0 Å². The van der Waals surface area contributed by atoms with E-state index in [0.717, 1.165) is 11.3 Å². The summed E-state index contributed by atoms with van der Waals surface area (Å²) in [6, 6.07) is 8.09. The van der Waals surface area contributed by atoms with Gasteiger partial charge in [0.25, 0.3) is 0 Å². The van der Waals surface area contributed by atoms with Crippen LogP contribution in [0.3, 0.4) is 0 Å². The van der Waals surface area contributed by atoms with E-state index in [0.29, 0.717) is 0 Å². The molecule has 4 heteroatoms. The maximum atomic E-state index is 5.70. The topological polar surface area (TPSA) is 9.23 Å². The summed E-state index contributed by atoms with van der Waals surface area (Å²) in [6.07, 6.45) is 0.218. The van der Waals surface area contributed by atoms with Gasteiger partial charge in [0.05, 0.1) is 0 Å². The fourth-order valence-electron chi connectivity index (χ4n) is 1.01. The van der Waals surface area contributed by atoms with Crippen molar-refractivity contribution in [3.8, 4) is 5.75 Å². The molecule has 0 N–H and O–H groups in total. The zero-order valence-electron chi connectivity index (χ0n) is 7.98. The summed E-state index contributed by atoms with van der Waals surface area (Å²) in [5.41, 5.74) is 1.16. The molecule has 1 nitrogen and oxygen atoms in total. The standard InChI is InChI=1S/C10H12O.2BrH.Ru/c1-8(2)11-10-7-5-4-6-9(10)3;;;/h3-8H,1-2H3;2*1H;/q;;;+2/p-2. The van der Waals surface area contributed by atoms with E-state index in [1.54, 1.807) is 0 Å². The van der Waals surface area contributed by atoms with Crippen LogP contribution in [0.4, 0.5) is 0 Å². The Labute approximate surface area is 103 Å². The molecule has 0 saturated carbocycles. The molecule has 1 aromatic carbocycles. The molecule has 1 aromatic rings. The van der Waals surface area contributed by atoms with Gasteiger partial charge in [0.1, 0.15) is 0 Å². The first kappa shape index (κ1) is 12.5. The van der Waals surface area contributed by atoms with Crippen LogP contribution in [0.2, 0.25) is 0 Å². The van der Waals surface area contributed by atoms with E-state index in [1.807, 2.05) is 32.0 Å². The molecule has 0 fully saturated rings. The molecule has 80 valence electrons. The normalized spacial score (nSPS) is 11.4.